The molecule has 0 aliphatic carbocycles. The number of carbonyl (C=O) groups is 1. The molecule has 0 fully saturated rings. The zero-order valence-corrected chi connectivity index (χ0v) is 17.0. The first-order valence-electron chi connectivity index (χ1n) is 8.89. The normalized spacial score (nSPS) is 12.5. The number of ether oxygens (including phenoxy) is 1. The first-order chi connectivity index (χ1) is 12.3. The number of carbonyl (C=O) groups excluding carboxylic acids is 1. The van der Waals surface area contributed by atoms with Crippen molar-refractivity contribution in [2.75, 3.05) is 7.11 Å². The van der Waals surface area contributed by atoms with Gasteiger partial charge in [0.05, 0.1) is 19.3 Å². The molecule has 0 unspecified atom stereocenters. The van der Waals surface area contributed by atoms with Crippen LogP contribution in [0.3, 0.4) is 0 Å². The van der Waals surface area contributed by atoms with Crippen LogP contribution in [0.25, 0.3) is 0 Å². The van der Waals surface area contributed by atoms with Gasteiger partial charge in [-0.25, -0.2) is 0 Å². The minimum absolute atomic E-state index is 0.0586. The standard InChI is InChI=1S/C20H28N2O3S/c1-6-7-8-15-12-22(20(2,3)4)26-19(15)21-18(24)16-11-14(13-23)9-10-17(16)25-5/h9-12,23H,6-8,13H2,1-5H3. The molecule has 0 bridgehead atoms. The minimum Gasteiger partial charge on any atom is -0.496 e. The first-order valence-corrected chi connectivity index (χ1v) is 9.66. The number of nitrogens with zero attached hydrogens (tertiary/aromatic N) is 2. The van der Waals surface area contributed by atoms with Gasteiger partial charge in [-0.3, -0.25) is 8.75 Å². The number of amides is 1. The molecule has 1 N–H and O–H groups in total. The number of benzene rings is 1. The molecule has 0 radical (unpaired) electrons. The van der Waals surface area contributed by atoms with E-state index in [1.807, 2.05) is 0 Å². The molecule has 1 heterocycles. The van der Waals surface area contributed by atoms with Gasteiger partial charge in [-0.15, -0.1) is 0 Å². The maximum atomic E-state index is 12.8. The summed E-state index contributed by atoms with van der Waals surface area (Å²) in [4.78, 5) is 17.2. The number of aliphatic hydroxyl groups excluding tert-OH is 1. The quantitative estimate of drug-likeness (QED) is 0.832. The van der Waals surface area contributed by atoms with Gasteiger partial charge < -0.3 is 9.84 Å². The van der Waals surface area contributed by atoms with Gasteiger partial charge in [0, 0.05) is 17.3 Å². The maximum absolute atomic E-state index is 12.8. The summed E-state index contributed by atoms with van der Waals surface area (Å²) in [6.45, 7) is 8.41. The molecule has 0 aliphatic heterocycles. The van der Waals surface area contributed by atoms with Crippen LogP contribution in [0.1, 0.15) is 62.0 Å². The second-order valence-corrected chi connectivity index (χ2v) is 8.22. The van der Waals surface area contributed by atoms with E-state index < -0.39 is 0 Å². The van der Waals surface area contributed by atoms with Crippen LogP contribution in [0.15, 0.2) is 29.4 Å². The highest BCUT2D eigenvalue weighted by Gasteiger charge is 2.17. The van der Waals surface area contributed by atoms with E-state index >= 15 is 0 Å². The summed E-state index contributed by atoms with van der Waals surface area (Å²) in [6, 6.07) is 5.07. The smallest absolute Gasteiger partial charge is 0.282 e. The average molecular weight is 377 g/mol. The van der Waals surface area contributed by atoms with Crippen molar-refractivity contribution in [2.24, 2.45) is 4.99 Å². The van der Waals surface area contributed by atoms with Crippen molar-refractivity contribution in [3.63, 3.8) is 0 Å². The number of hydrogen-bond acceptors (Lipinski definition) is 4. The predicted octanol–water partition coefficient (Wildman–Crippen LogP) is 3.89. The van der Waals surface area contributed by atoms with E-state index in [-0.39, 0.29) is 18.1 Å². The van der Waals surface area contributed by atoms with E-state index in [2.05, 4.69) is 42.8 Å². The van der Waals surface area contributed by atoms with Gasteiger partial charge in [0.25, 0.3) is 5.91 Å². The van der Waals surface area contributed by atoms with Crippen molar-refractivity contribution < 1.29 is 14.6 Å². The van der Waals surface area contributed by atoms with Gasteiger partial charge in [-0.05, 0) is 62.8 Å². The van der Waals surface area contributed by atoms with E-state index in [0.717, 1.165) is 29.5 Å². The molecule has 0 saturated heterocycles. The molecule has 0 spiro atoms. The zero-order chi connectivity index (χ0) is 19.3. The molecule has 26 heavy (non-hydrogen) atoms. The minimum atomic E-state index is -0.349. The Morgan fingerprint density at radius 2 is 2.08 bits per heavy atom. The van der Waals surface area contributed by atoms with Crippen molar-refractivity contribution in [1.82, 2.24) is 3.96 Å². The highest BCUT2D eigenvalue weighted by molar-refractivity contribution is 7.04. The molecule has 0 saturated carbocycles. The number of aromatic nitrogens is 1. The van der Waals surface area contributed by atoms with Crippen LogP contribution < -0.4 is 9.41 Å². The van der Waals surface area contributed by atoms with Crippen LogP contribution in [-0.2, 0) is 18.6 Å². The van der Waals surface area contributed by atoms with E-state index in [0.29, 0.717) is 16.9 Å². The van der Waals surface area contributed by atoms with Crippen molar-refractivity contribution in [3.8, 4) is 5.75 Å². The average Bonchev–Trinajstić information content (AvgIpc) is 3.02. The summed E-state index contributed by atoms with van der Waals surface area (Å²) in [5, 5.41) is 9.35. The third-order valence-corrected chi connectivity index (χ3v) is 5.45. The van der Waals surface area contributed by atoms with E-state index in [9.17, 15) is 9.90 Å². The molecular weight excluding hydrogens is 348 g/mol. The van der Waals surface area contributed by atoms with Crippen LogP contribution in [-0.4, -0.2) is 22.1 Å². The third-order valence-electron chi connectivity index (χ3n) is 4.07. The molecule has 6 heteroatoms. The molecule has 2 rings (SSSR count). The second-order valence-electron chi connectivity index (χ2n) is 7.26. The molecule has 1 aromatic carbocycles. The van der Waals surface area contributed by atoms with Gasteiger partial charge in [0.1, 0.15) is 10.4 Å². The topological polar surface area (TPSA) is 63.8 Å². The first kappa shape index (κ1) is 20.4. The molecule has 0 atom stereocenters. The van der Waals surface area contributed by atoms with Crippen molar-refractivity contribution in [1.29, 1.82) is 0 Å². The van der Waals surface area contributed by atoms with Crippen LogP contribution in [0.4, 0.5) is 0 Å². The molecule has 0 aliphatic rings. The number of aryl methyl sites for hydroxylation is 1. The van der Waals surface area contributed by atoms with Crippen LogP contribution in [0.5, 0.6) is 5.75 Å². The summed E-state index contributed by atoms with van der Waals surface area (Å²) >= 11 is 1.50. The Kier molecular flexibility index (Phi) is 6.78. The van der Waals surface area contributed by atoms with E-state index in [1.54, 1.807) is 18.2 Å². The summed E-state index contributed by atoms with van der Waals surface area (Å²) < 4.78 is 8.18. The zero-order valence-electron chi connectivity index (χ0n) is 16.2. The van der Waals surface area contributed by atoms with Gasteiger partial charge in [-0.1, -0.05) is 19.4 Å². The number of hydrogen-bond donors (Lipinski definition) is 1. The Bertz CT molecular complexity index is 828. The van der Waals surface area contributed by atoms with Crippen molar-refractivity contribution >= 4 is 17.4 Å². The fourth-order valence-corrected chi connectivity index (χ4v) is 3.55. The monoisotopic (exact) mass is 376 g/mol. The summed E-state index contributed by atoms with van der Waals surface area (Å²) in [6.07, 6.45) is 5.15. The third kappa shape index (κ3) is 4.83. The van der Waals surface area contributed by atoms with Crippen LogP contribution in [0.2, 0.25) is 0 Å². The molecule has 142 valence electrons. The Labute approximate surface area is 159 Å². The lowest BCUT2D eigenvalue weighted by Crippen LogP contribution is -2.18. The molecule has 2 aromatic rings. The van der Waals surface area contributed by atoms with Crippen molar-refractivity contribution in [2.45, 2.75) is 59.1 Å². The Morgan fingerprint density at radius 1 is 1.35 bits per heavy atom. The van der Waals surface area contributed by atoms with Crippen LogP contribution in [0, 0.1) is 0 Å². The summed E-state index contributed by atoms with van der Waals surface area (Å²) in [7, 11) is 1.52. The van der Waals surface area contributed by atoms with Gasteiger partial charge in [0.2, 0.25) is 0 Å². The fourth-order valence-electron chi connectivity index (χ4n) is 2.51. The molecule has 1 aromatic heterocycles. The highest BCUT2D eigenvalue weighted by atomic mass is 32.1. The molecular formula is C20H28N2O3S. The van der Waals surface area contributed by atoms with Gasteiger partial charge in [-0.2, -0.15) is 4.99 Å². The van der Waals surface area contributed by atoms with E-state index in [4.69, 9.17) is 4.74 Å². The lowest BCUT2D eigenvalue weighted by molar-refractivity contribution is 0.0995. The van der Waals surface area contributed by atoms with Gasteiger partial charge >= 0.3 is 0 Å². The predicted molar refractivity (Wildman–Crippen MR) is 105 cm³/mol. The van der Waals surface area contributed by atoms with Gasteiger partial charge in [0.15, 0.2) is 0 Å². The lowest BCUT2D eigenvalue weighted by atomic mass is 10.1. The fraction of sp³-hybridized carbons (Fsp3) is 0.500. The number of rotatable bonds is 6. The molecule has 1 amide bonds. The second kappa shape index (κ2) is 8.64. The SMILES string of the molecule is CCCCc1cn(C(C)(C)C)sc1=NC(=O)c1cc(CO)ccc1OC. The summed E-state index contributed by atoms with van der Waals surface area (Å²) in [5.41, 5.74) is 2.07. The number of aliphatic hydroxyl groups is 1. The maximum Gasteiger partial charge on any atom is 0.282 e. The lowest BCUT2D eigenvalue weighted by Gasteiger charge is -2.19. The van der Waals surface area contributed by atoms with Crippen LogP contribution >= 0.6 is 11.5 Å². The van der Waals surface area contributed by atoms with Crippen molar-refractivity contribution in [3.05, 3.63) is 45.8 Å². The highest BCUT2D eigenvalue weighted by Crippen LogP contribution is 2.22. The van der Waals surface area contributed by atoms with E-state index in [1.165, 1.54) is 18.6 Å². The summed E-state index contributed by atoms with van der Waals surface area (Å²) in [5.74, 6) is 0.115. The Morgan fingerprint density at radius 3 is 2.65 bits per heavy atom. The Balaban J connectivity index is 2.51. The number of methoxy groups -OCH3 is 1. The number of unbranched alkanes of at least 4 members (excludes halogenated alkanes) is 1. The Hall–Kier alpha value is -1.92. The molecule has 5 nitrogen and oxygen atoms in total. The largest absolute Gasteiger partial charge is 0.496 e.